The van der Waals surface area contributed by atoms with E-state index in [-0.39, 0.29) is 37.9 Å². The standard InChI is InChI=1S/C25H31N3O5/c26-13-7-1-2-12-23(29)28(16-24(30)31)15-14-27-25(32)33-17-22-20-10-5-3-8-18(20)19-9-4-6-11-21(19)22/h3-6,8-11,22H,1-2,7,12-17,26H2,(H,27,32)(H,30,31). The summed E-state index contributed by atoms with van der Waals surface area (Å²) in [5.74, 6) is -1.38. The largest absolute Gasteiger partial charge is 0.480 e. The maximum atomic E-state index is 12.3. The van der Waals surface area contributed by atoms with Gasteiger partial charge < -0.3 is 25.8 Å². The van der Waals surface area contributed by atoms with E-state index in [0.29, 0.717) is 13.0 Å². The average Bonchev–Trinajstić information content (AvgIpc) is 3.13. The quantitative estimate of drug-likeness (QED) is 0.425. The molecule has 0 atom stereocenters. The molecule has 4 N–H and O–H groups in total. The number of ether oxygens (including phenoxy) is 1. The number of nitrogens with zero attached hydrogens (tertiary/aromatic N) is 1. The number of carbonyl (C=O) groups is 3. The van der Waals surface area contributed by atoms with Gasteiger partial charge in [-0.05, 0) is 41.6 Å². The first-order valence-corrected chi connectivity index (χ1v) is 11.3. The van der Waals surface area contributed by atoms with Crippen LogP contribution in [-0.4, -0.2) is 60.8 Å². The minimum Gasteiger partial charge on any atom is -0.480 e. The molecule has 2 aromatic rings. The number of fused-ring (bicyclic) bond motifs is 3. The third-order valence-corrected chi connectivity index (χ3v) is 5.77. The fourth-order valence-electron chi connectivity index (χ4n) is 4.15. The van der Waals surface area contributed by atoms with Crippen molar-refractivity contribution in [3.63, 3.8) is 0 Å². The van der Waals surface area contributed by atoms with Gasteiger partial charge in [0.1, 0.15) is 13.2 Å². The number of amides is 2. The number of rotatable bonds is 12. The van der Waals surface area contributed by atoms with Crippen molar-refractivity contribution in [3.05, 3.63) is 59.7 Å². The van der Waals surface area contributed by atoms with Gasteiger partial charge in [-0.25, -0.2) is 4.79 Å². The molecule has 3 rings (SSSR count). The summed E-state index contributed by atoms with van der Waals surface area (Å²) in [7, 11) is 0. The average molecular weight is 454 g/mol. The highest BCUT2D eigenvalue weighted by Gasteiger charge is 2.29. The summed E-state index contributed by atoms with van der Waals surface area (Å²) >= 11 is 0. The number of aliphatic carboxylic acids is 1. The second-order valence-corrected chi connectivity index (χ2v) is 8.06. The van der Waals surface area contributed by atoms with E-state index in [1.807, 2.05) is 36.4 Å². The van der Waals surface area contributed by atoms with Gasteiger partial charge in [0.2, 0.25) is 5.91 Å². The summed E-state index contributed by atoms with van der Waals surface area (Å²) in [6.45, 7) is 0.572. The SMILES string of the molecule is NCCCCCC(=O)N(CCNC(=O)OCC1c2ccccc2-c2ccccc21)CC(=O)O. The van der Waals surface area contributed by atoms with Gasteiger partial charge in [0.05, 0.1) is 0 Å². The molecule has 1 aliphatic rings. The van der Waals surface area contributed by atoms with E-state index in [1.165, 1.54) is 4.90 Å². The van der Waals surface area contributed by atoms with E-state index in [9.17, 15) is 14.4 Å². The number of carboxylic acid groups (broad SMARTS) is 1. The molecule has 0 fully saturated rings. The maximum Gasteiger partial charge on any atom is 0.407 e. The fraction of sp³-hybridized carbons (Fsp3) is 0.400. The lowest BCUT2D eigenvalue weighted by atomic mass is 9.98. The van der Waals surface area contributed by atoms with Crippen LogP contribution in [0.15, 0.2) is 48.5 Å². The Kier molecular flexibility index (Phi) is 8.83. The summed E-state index contributed by atoms with van der Waals surface area (Å²) < 4.78 is 5.47. The van der Waals surface area contributed by atoms with E-state index in [4.69, 9.17) is 15.6 Å². The molecule has 0 spiro atoms. The van der Waals surface area contributed by atoms with Crippen molar-refractivity contribution >= 4 is 18.0 Å². The zero-order valence-corrected chi connectivity index (χ0v) is 18.7. The zero-order chi connectivity index (χ0) is 23.6. The Bertz CT molecular complexity index is 933. The van der Waals surface area contributed by atoms with Crippen LogP contribution in [-0.2, 0) is 14.3 Å². The van der Waals surface area contributed by atoms with Crippen molar-refractivity contribution in [3.8, 4) is 11.1 Å². The molecule has 0 saturated heterocycles. The Morgan fingerprint density at radius 1 is 0.970 bits per heavy atom. The van der Waals surface area contributed by atoms with Gasteiger partial charge in [-0.1, -0.05) is 55.0 Å². The van der Waals surface area contributed by atoms with Gasteiger partial charge >= 0.3 is 12.1 Å². The van der Waals surface area contributed by atoms with Gasteiger partial charge in [0.25, 0.3) is 0 Å². The number of carbonyl (C=O) groups excluding carboxylic acids is 2. The van der Waals surface area contributed by atoms with Crippen molar-refractivity contribution in [1.29, 1.82) is 0 Å². The predicted molar refractivity (Wildman–Crippen MR) is 125 cm³/mol. The van der Waals surface area contributed by atoms with Gasteiger partial charge in [-0.15, -0.1) is 0 Å². The van der Waals surface area contributed by atoms with Gasteiger partial charge in [-0.2, -0.15) is 0 Å². The second-order valence-electron chi connectivity index (χ2n) is 8.06. The predicted octanol–water partition coefficient (Wildman–Crippen LogP) is 2.96. The Hall–Kier alpha value is -3.39. The van der Waals surface area contributed by atoms with E-state index in [0.717, 1.165) is 35.1 Å². The van der Waals surface area contributed by atoms with E-state index in [1.54, 1.807) is 0 Å². The van der Waals surface area contributed by atoms with Crippen molar-refractivity contribution in [1.82, 2.24) is 10.2 Å². The monoisotopic (exact) mass is 453 g/mol. The van der Waals surface area contributed by atoms with Crippen molar-refractivity contribution in [2.45, 2.75) is 31.6 Å². The lowest BCUT2D eigenvalue weighted by Crippen LogP contribution is -2.41. The maximum absolute atomic E-state index is 12.3. The van der Waals surface area contributed by atoms with Gasteiger partial charge in [0.15, 0.2) is 0 Å². The van der Waals surface area contributed by atoms with Crippen molar-refractivity contribution in [2.75, 3.05) is 32.8 Å². The second kappa shape index (κ2) is 12.0. The van der Waals surface area contributed by atoms with Gasteiger partial charge in [-0.3, -0.25) is 9.59 Å². The molecule has 33 heavy (non-hydrogen) atoms. The molecule has 1 aliphatic carbocycles. The highest BCUT2D eigenvalue weighted by atomic mass is 16.5. The Labute approximate surface area is 193 Å². The third kappa shape index (κ3) is 6.55. The number of benzene rings is 2. The van der Waals surface area contributed by atoms with Crippen LogP contribution in [0.5, 0.6) is 0 Å². The highest BCUT2D eigenvalue weighted by Crippen LogP contribution is 2.44. The lowest BCUT2D eigenvalue weighted by Gasteiger charge is -2.21. The normalized spacial score (nSPS) is 12.0. The van der Waals surface area contributed by atoms with Crippen LogP contribution in [0.1, 0.15) is 42.7 Å². The zero-order valence-electron chi connectivity index (χ0n) is 18.7. The molecule has 0 unspecified atom stereocenters. The van der Waals surface area contributed by atoms with Crippen LogP contribution in [0, 0.1) is 0 Å². The topological polar surface area (TPSA) is 122 Å². The van der Waals surface area contributed by atoms with Gasteiger partial charge in [0, 0.05) is 25.4 Å². The smallest absolute Gasteiger partial charge is 0.407 e. The Morgan fingerprint density at radius 3 is 2.21 bits per heavy atom. The van der Waals surface area contributed by atoms with E-state index < -0.39 is 18.6 Å². The van der Waals surface area contributed by atoms with Crippen LogP contribution in [0.4, 0.5) is 4.79 Å². The third-order valence-electron chi connectivity index (χ3n) is 5.77. The first-order valence-electron chi connectivity index (χ1n) is 11.3. The van der Waals surface area contributed by atoms with Crippen LogP contribution >= 0.6 is 0 Å². The van der Waals surface area contributed by atoms with Crippen molar-refractivity contribution in [2.24, 2.45) is 5.73 Å². The number of unbranched alkanes of at least 4 members (excludes halogenated alkanes) is 2. The highest BCUT2D eigenvalue weighted by molar-refractivity contribution is 5.81. The number of carboxylic acids is 1. The molecule has 0 radical (unpaired) electrons. The molecule has 8 nitrogen and oxygen atoms in total. The summed E-state index contributed by atoms with van der Waals surface area (Å²) in [6, 6.07) is 16.2. The minimum atomic E-state index is -1.09. The molecule has 0 saturated carbocycles. The van der Waals surface area contributed by atoms with Crippen LogP contribution in [0.2, 0.25) is 0 Å². The fourth-order valence-corrected chi connectivity index (χ4v) is 4.15. The molecular formula is C25H31N3O5. The number of alkyl carbamates (subject to hydrolysis) is 1. The van der Waals surface area contributed by atoms with Crippen LogP contribution in [0.3, 0.4) is 0 Å². The molecule has 8 heteroatoms. The van der Waals surface area contributed by atoms with E-state index >= 15 is 0 Å². The lowest BCUT2D eigenvalue weighted by molar-refractivity contribution is -0.144. The number of hydrogen-bond acceptors (Lipinski definition) is 5. The summed E-state index contributed by atoms with van der Waals surface area (Å²) in [5.41, 5.74) is 10.00. The molecule has 2 aromatic carbocycles. The summed E-state index contributed by atoms with van der Waals surface area (Å²) in [5, 5.41) is 11.7. The van der Waals surface area contributed by atoms with Crippen molar-refractivity contribution < 1.29 is 24.2 Å². The first-order chi connectivity index (χ1) is 16.0. The molecular weight excluding hydrogens is 422 g/mol. The van der Waals surface area contributed by atoms with Crippen LogP contribution < -0.4 is 11.1 Å². The Morgan fingerprint density at radius 2 is 1.61 bits per heavy atom. The number of hydrogen-bond donors (Lipinski definition) is 3. The molecule has 0 bridgehead atoms. The summed E-state index contributed by atoms with van der Waals surface area (Å²) in [6.07, 6.45) is 1.98. The summed E-state index contributed by atoms with van der Waals surface area (Å²) in [4.78, 5) is 37.0. The number of nitrogens with one attached hydrogen (secondary N) is 1. The first kappa shape index (κ1) is 24.3. The van der Waals surface area contributed by atoms with Crippen LogP contribution in [0.25, 0.3) is 11.1 Å². The Balaban J connectivity index is 1.48. The molecule has 0 aromatic heterocycles. The van der Waals surface area contributed by atoms with E-state index in [2.05, 4.69) is 17.4 Å². The molecule has 176 valence electrons. The molecule has 2 amide bonds. The molecule has 0 heterocycles. The number of nitrogens with two attached hydrogens (primary N) is 1. The molecule has 0 aliphatic heterocycles. The minimum absolute atomic E-state index is 0.0400.